The molecule has 1 aromatic carbocycles. The Labute approximate surface area is 180 Å². The molecule has 170 valence electrons. The van der Waals surface area contributed by atoms with Gasteiger partial charge in [-0.05, 0) is 12.5 Å². The number of hydrogen-bond acceptors (Lipinski definition) is 7. The number of ether oxygens (including phenoxy) is 2. The molecule has 0 aromatic heterocycles. The maximum Gasteiger partial charge on any atom is 0.320 e. The van der Waals surface area contributed by atoms with E-state index in [-0.39, 0.29) is 24.8 Å². The number of amides is 3. The Bertz CT molecular complexity index is 781. The molecule has 0 fully saturated rings. The maximum atomic E-state index is 12.3. The lowest BCUT2D eigenvalue weighted by Crippen LogP contribution is -2.53. The quantitative estimate of drug-likeness (QED) is 0.332. The van der Waals surface area contributed by atoms with Gasteiger partial charge in [0.15, 0.2) is 5.92 Å². The van der Waals surface area contributed by atoms with Gasteiger partial charge in [-0.15, -0.1) is 0 Å². The second kappa shape index (κ2) is 12.3. The number of hydrogen-bond donors (Lipinski definition) is 3. The molecule has 0 radical (unpaired) electrons. The molecule has 0 heterocycles. The van der Waals surface area contributed by atoms with E-state index in [1.54, 1.807) is 0 Å². The molecule has 3 amide bonds. The lowest BCUT2D eigenvalue weighted by atomic mass is 9.86. The van der Waals surface area contributed by atoms with E-state index in [2.05, 4.69) is 20.1 Å². The molecule has 10 nitrogen and oxygen atoms in total. The molecule has 0 aliphatic carbocycles. The Morgan fingerprint density at radius 3 is 1.81 bits per heavy atom. The number of nitrogens with one attached hydrogen (secondary N) is 2. The van der Waals surface area contributed by atoms with E-state index in [4.69, 9.17) is 5.73 Å². The van der Waals surface area contributed by atoms with Gasteiger partial charge >= 0.3 is 11.9 Å². The third-order valence-corrected chi connectivity index (χ3v) is 4.84. The van der Waals surface area contributed by atoms with Gasteiger partial charge in [-0.1, -0.05) is 37.3 Å². The predicted molar refractivity (Wildman–Crippen MR) is 110 cm³/mol. The van der Waals surface area contributed by atoms with Crippen molar-refractivity contribution in [3.8, 4) is 0 Å². The zero-order valence-electron chi connectivity index (χ0n) is 18.0. The van der Waals surface area contributed by atoms with Crippen molar-refractivity contribution >= 4 is 29.7 Å². The molecule has 0 aliphatic rings. The molecule has 1 rings (SSSR count). The molecule has 31 heavy (non-hydrogen) atoms. The van der Waals surface area contributed by atoms with Crippen LogP contribution < -0.4 is 16.4 Å². The summed E-state index contributed by atoms with van der Waals surface area (Å²) in [5.74, 6) is -6.26. The minimum atomic E-state index is -1.46. The third-order valence-electron chi connectivity index (χ3n) is 4.84. The largest absolute Gasteiger partial charge is 0.468 e. The first-order valence-electron chi connectivity index (χ1n) is 9.71. The van der Waals surface area contributed by atoms with Gasteiger partial charge in [0.2, 0.25) is 17.7 Å². The number of benzene rings is 1. The molecule has 0 bridgehead atoms. The summed E-state index contributed by atoms with van der Waals surface area (Å²) in [7, 11) is 2.16. The average Bonchev–Trinajstić information content (AvgIpc) is 2.75. The third kappa shape index (κ3) is 7.72. The molecule has 3 atom stereocenters. The molecule has 1 aromatic rings. The average molecular weight is 435 g/mol. The second-order valence-electron chi connectivity index (χ2n) is 7.03. The fourth-order valence-corrected chi connectivity index (χ4v) is 3.04. The van der Waals surface area contributed by atoms with E-state index < -0.39 is 41.6 Å². The topological polar surface area (TPSA) is 154 Å². The Morgan fingerprint density at radius 2 is 1.35 bits per heavy atom. The maximum absolute atomic E-state index is 12.3. The summed E-state index contributed by atoms with van der Waals surface area (Å²) in [6.45, 7) is 3.21. The lowest BCUT2D eigenvalue weighted by Gasteiger charge is -2.26. The van der Waals surface area contributed by atoms with Crippen molar-refractivity contribution in [3.05, 3.63) is 35.9 Å². The summed E-state index contributed by atoms with van der Waals surface area (Å²) in [5, 5.41) is 5.17. The van der Waals surface area contributed by atoms with Crippen LogP contribution in [0.4, 0.5) is 0 Å². The van der Waals surface area contributed by atoms with Crippen LogP contribution in [-0.4, -0.2) is 49.9 Å². The number of rotatable bonds is 11. The van der Waals surface area contributed by atoms with Crippen LogP contribution in [-0.2, 0) is 33.4 Å². The van der Waals surface area contributed by atoms with Gasteiger partial charge in [-0.2, -0.15) is 0 Å². The number of carbonyl (C=O) groups is 5. The smallest absolute Gasteiger partial charge is 0.320 e. The van der Waals surface area contributed by atoms with E-state index in [1.165, 1.54) is 6.92 Å². The van der Waals surface area contributed by atoms with Crippen LogP contribution in [0.15, 0.2) is 30.3 Å². The lowest BCUT2D eigenvalue weighted by molar-refractivity contribution is -0.162. The molecule has 0 saturated carbocycles. The summed E-state index contributed by atoms with van der Waals surface area (Å²) >= 11 is 0. The van der Waals surface area contributed by atoms with Gasteiger partial charge in [0, 0.05) is 18.8 Å². The van der Waals surface area contributed by atoms with E-state index >= 15 is 0 Å². The van der Waals surface area contributed by atoms with Crippen LogP contribution >= 0.6 is 0 Å². The summed E-state index contributed by atoms with van der Waals surface area (Å²) in [6, 6.07) is 7.73. The van der Waals surface area contributed by atoms with Crippen molar-refractivity contribution in [3.63, 3.8) is 0 Å². The molecular weight excluding hydrogens is 406 g/mol. The highest BCUT2D eigenvalue weighted by Gasteiger charge is 2.41. The molecular formula is C21H29N3O7. The van der Waals surface area contributed by atoms with Crippen molar-refractivity contribution in [1.82, 2.24) is 10.6 Å². The first-order valence-corrected chi connectivity index (χ1v) is 9.71. The predicted octanol–water partition coefficient (Wildman–Crippen LogP) is 0.212. The van der Waals surface area contributed by atoms with E-state index in [1.807, 2.05) is 37.3 Å². The van der Waals surface area contributed by atoms with Gasteiger partial charge in [-0.3, -0.25) is 24.0 Å². The van der Waals surface area contributed by atoms with E-state index in [0.29, 0.717) is 0 Å². The van der Waals surface area contributed by atoms with Crippen molar-refractivity contribution < 1.29 is 33.4 Å². The van der Waals surface area contributed by atoms with Crippen LogP contribution in [0, 0.1) is 11.8 Å². The fraction of sp³-hybridized carbons (Fsp3) is 0.476. The number of primary amides is 1. The summed E-state index contributed by atoms with van der Waals surface area (Å²) in [5.41, 5.74) is 6.27. The van der Waals surface area contributed by atoms with Crippen LogP contribution in [0.1, 0.15) is 38.3 Å². The molecule has 0 unspecified atom stereocenters. The number of carbonyl (C=O) groups excluding carboxylic acids is 5. The molecule has 0 saturated heterocycles. The minimum absolute atomic E-state index is 0.125. The summed E-state index contributed by atoms with van der Waals surface area (Å²) in [4.78, 5) is 60.2. The van der Waals surface area contributed by atoms with Crippen molar-refractivity contribution in [1.29, 1.82) is 0 Å². The Morgan fingerprint density at radius 1 is 0.871 bits per heavy atom. The molecule has 0 spiro atoms. The van der Waals surface area contributed by atoms with Gasteiger partial charge in [0.25, 0.3) is 0 Å². The van der Waals surface area contributed by atoms with Crippen LogP contribution in [0.2, 0.25) is 0 Å². The summed E-state index contributed by atoms with van der Waals surface area (Å²) < 4.78 is 9.17. The second-order valence-corrected chi connectivity index (χ2v) is 7.03. The SMILES string of the molecule is COC(=O)C(C(=O)OC)[C@H](C)[C@@H](NC(=O)CCC(=O)N[C@H](C)c1ccccc1)C(N)=O. The normalized spacial score (nSPS) is 13.5. The number of esters is 2. The zero-order chi connectivity index (χ0) is 23.6. The highest BCUT2D eigenvalue weighted by molar-refractivity contribution is 5.97. The minimum Gasteiger partial charge on any atom is -0.468 e. The Balaban J connectivity index is 2.70. The molecule has 0 aliphatic heterocycles. The van der Waals surface area contributed by atoms with Crippen molar-refractivity contribution in [2.45, 2.75) is 38.8 Å². The van der Waals surface area contributed by atoms with Gasteiger partial charge in [0.05, 0.1) is 20.3 Å². The van der Waals surface area contributed by atoms with Gasteiger partial charge < -0.3 is 25.8 Å². The van der Waals surface area contributed by atoms with E-state index in [0.717, 1.165) is 19.8 Å². The monoisotopic (exact) mass is 435 g/mol. The first-order chi connectivity index (χ1) is 14.6. The molecule has 4 N–H and O–H groups in total. The number of methoxy groups -OCH3 is 2. The highest BCUT2D eigenvalue weighted by atomic mass is 16.5. The van der Waals surface area contributed by atoms with Gasteiger partial charge in [-0.25, -0.2) is 0 Å². The van der Waals surface area contributed by atoms with Crippen molar-refractivity contribution in [2.24, 2.45) is 17.6 Å². The van der Waals surface area contributed by atoms with Gasteiger partial charge in [0.1, 0.15) is 6.04 Å². The molecule has 10 heteroatoms. The zero-order valence-corrected chi connectivity index (χ0v) is 18.0. The fourth-order valence-electron chi connectivity index (χ4n) is 3.04. The highest BCUT2D eigenvalue weighted by Crippen LogP contribution is 2.20. The van der Waals surface area contributed by atoms with Crippen LogP contribution in [0.3, 0.4) is 0 Å². The Kier molecular flexibility index (Phi) is 10.2. The van der Waals surface area contributed by atoms with Crippen LogP contribution in [0.5, 0.6) is 0 Å². The standard InChI is InChI=1S/C21H29N3O7/c1-12(17(20(28)30-3)21(29)31-4)18(19(22)27)24-16(26)11-10-15(25)23-13(2)14-8-6-5-7-9-14/h5-9,12-13,17-18H,10-11H2,1-4H3,(H2,22,27)(H,23,25)(H,24,26)/t12-,13+,18+/m0/s1. The summed E-state index contributed by atoms with van der Waals surface area (Å²) in [6.07, 6.45) is -0.342. The van der Waals surface area contributed by atoms with Crippen LogP contribution in [0.25, 0.3) is 0 Å². The first kappa shape index (κ1) is 25.6. The number of nitrogens with two attached hydrogens (primary N) is 1. The Hall–Kier alpha value is -3.43. The van der Waals surface area contributed by atoms with Crippen molar-refractivity contribution in [2.75, 3.05) is 14.2 Å². The van der Waals surface area contributed by atoms with E-state index in [9.17, 15) is 24.0 Å².